The standard InChI is InChI=1S/C17H13F2N3OS/c18-12-3-4-14(13(19)8-12)21-16(23)5-6-17-22-15(10-24-17)11-2-1-7-20-9-11/h1-4,7-10H,5-6H2,(H,21,23). The highest BCUT2D eigenvalue weighted by molar-refractivity contribution is 7.09. The second-order valence-electron chi connectivity index (χ2n) is 5.04. The summed E-state index contributed by atoms with van der Waals surface area (Å²) in [6, 6.07) is 6.78. The van der Waals surface area contributed by atoms with Crippen LogP contribution in [0, 0.1) is 11.6 Å². The molecule has 0 bridgehead atoms. The van der Waals surface area contributed by atoms with E-state index in [4.69, 9.17) is 0 Å². The molecule has 0 unspecified atom stereocenters. The van der Waals surface area contributed by atoms with Crippen molar-refractivity contribution >= 4 is 22.9 Å². The number of nitrogens with one attached hydrogen (secondary N) is 1. The first-order valence-corrected chi connectivity index (χ1v) is 8.09. The minimum atomic E-state index is -0.795. The Morgan fingerprint density at radius 2 is 2.12 bits per heavy atom. The molecule has 122 valence electrons. The van der Waals surface area contributed by atoms with Crippen molar-refractivity contribution in [2.45, 2.75) is 12.8 Å². The highest BCUT2D eigenvalue weighted by Gasteiger charge is 2.10. The van der Waals surface area contributed by atoms with Crippen LogP contribution in [0.3, 0.4) is 0 Å². The molecule has 0 saturated carbocycles. The molecule has 4 nitrogen and oxygen atoms in total. The Labute approximate surface area is 141 Å². The lowest BCUT2D eigenvalue weighted by Crippen LogP contribution is -2.13. The Balaban J connectivity index is 1.58. The molecule has 7 heteroatoms. The van der Waals surface area contributed by atoms with Gasteiger partial charge in [0, 0.05) is 42.2 Å². The number of carbonyl (C=O) groups is 1. The van der Waals surface area contributed by atoms with Crippen molar-refractivity contribution < 1.29 is 13.6 Å². The Bertz CT molecular complexity index is 852. The fourth-order valence-electron chi connectivity index (χ4n) is 2.10. The zero-order chi connectivity index (χ0) is 16.9. The fourth-order valence-corrected chi connectivity index (χ4v) is 2.90. The third-order valence-corrected chi connectivity index (χ3v) is 4.19. The number of aromatic nitrogens is 2. The first-order chi connectivity index (χ1) is 11.6. The minimum Gasteiger partial charge on any atom is -0.324 e. The number of carbonyl (C=O) groups excluding carboxylic acids is 1. The van der Waals surface area contributed by atoms with Gasteiger partial charge in [-0.1, -0.05) is 0 Å². The SMILES string of the molecule is O=C(CCc1nc(-c2cccnc2)cs1)Nc1ccc(F)cc1F. The summed E-state index contributed by atoms with van der Waals surface area (Å²) in [6.45, 7) is 0. The molecule has 2 aromatic heterocycles. The number of anilines is 1. The number of rotatable bonds is 5. The molecule has 3 rings (SSSR count). The predicted octanol–water partition coefficient (Wildman–Crippen LogP) is 4.05. The van der Waals surface area contributed by atoms with Crippen molar-refractivity contribution in [1.29, 1.82) is 0 Å². The highest BCUT2D eigenvalue weighted by atomic mass is 32.1. The minimum absolute atomic E-state index is 0.0309. The monoisotopic (exact) mass is 345 g/mol. The number of amides is 1. The average molecular weight is 345 g/mol. The Kier molecular flexibility index (Phi) is 4.90. The molecule has 1 N–H and O–H groups in total. The van der Waals surface area contributed by atoms with Gasteiger partial charge in [0.05, 0.1) is 16.4 Å². The topological polar surface area (TPSA) is 54.9 Å². The maximum absolute atomic E-state index is 13.5. The molecule has 1 aromatic carbocycles. The van der Waals surface area contributed by atoms with Crippen LogP contribution in [0.1, 0.15) is 11.4 Å². The summed E-state index contributed by atoms with van der Waals surface area (Å²) in [4.78, 5) is 20.4. The van der Waals surface area contributed by atoms with Gasteiger partial charge in [0.15, 0.2) is 0 Å². The lowest BCUT2D eigenvalue weighted by Gasteiger charge is -2.05. The molecule has 0 aliphatic rings. The van der Waals surface area contributed by atoms with Crippen molar-refractivity contribution in [1.82, 2.24) is 9.97 Å². The molecule has 0 aliphatic heterocycles. The Hall–Kier alpha value is -2.67. The molecule has 0 atom stereocenters. The van der Waals surface area contributed by atoms with Crippen LogP contribution in [0.2, 0.25) is 0 Å². The molecule has 0 radical (unpaired) electrons. The summed E-state index contributed by atoms with van der Waals surface area (Å²) < 4.78 is 26.3. The summed E-state index contributed by atoms with van der Waals surface area (Å²) in [5.74, 6) is -1.83. The second-order valence-corrected chi connectivity index (χ2v) is 5.98. The van der Waals surface area contributed by atoms with E-state index in [0.717, 1.165) is 28.4 Å². The smallest absolute Gasteiger partial charge is 0.224 e. The Morgan fingerprint density at radius 1 is 1.25 bits per heavy atom. The van der Waals surface area contributed by atoms with Gasteiger partial charge in [-0.25, -0.2) is 13.8 Å². The molecule has 0 aliphatic carbocycles. The van der Waals surface area contributed by atoms with Crippen LogP contribution in [-0.4, -0.2) is 15.9 Å². The van der Waals surface area contributed by atoms with Gasteiger partial charge in [-0.3, -0.25) is 9.78 Å². The van der Waals surface area contributed by atoms with E-state index in [2.05, 4.69) is 15.3 Å². The molecular weight excluding hydrogens is 332 g/mol. The molecule has 1 amide bonds. The Morgan fingerprint density at radius 3 is 2.88 bits per heavy atom. The molecule has 0 fully saturated rings. The number of aryl methyl sites for hydroxylation is 1. The summed E-state index contributed by atoms with van der Waals surface area (Å²) in [7, 11) is 0. The van der Waals surface area contributed by atoms with Gasteiger partial charge in [-0.2, -0.15) is 0 Å². The van der Waals surface area contributed by atoms with Crippen molar-refractivity contribution in [2.75, 3.05) is 5.32 Å². The largest absolute Gasteiger partial charge is 0.324 e. The third kappa shape index (κ3) is 3.99. The van der Waals surface area contributed by atoms with Crippen LogP contribution in [0.5, 0.6) is 0 Å². The normalized spacial score (nSPS) is 10.6. The van der Waals surface area contributed by atoms with Crippen LogP contribution in [0.4, 0.5) is 14.5 Å². The summed E-state index contributed by atoms with van der Waals surface area (Å²) in [6.07, 6.45) is 4.02. The average Bonchev–Trinajstić information content (AvgIpc) is 3.05. The van der Waals surface area contributed by atoms with Crippen LogP contribution in [-0.2, 0) is 11.2 Å². The molecule has 0 saturated heterocycles. The lowest BCUT2D eigenvalue weighted by atomic mass is 10.2. The second kappa shape index (κ2) is 7.27. The number of benzene rings is 1. The first-order valence-electron chi connectivity index (χ1n) is 7.21. The zero-order valence-corrected chi connectivity index (χ0v) is 13.3. The van der Waals surface area contributed by atoms with Gasteiger partial charge < -0.3 is 5.32 Å². The summed E-state index contributed by atoms with van der Waals surface area (Å²) in [5, 5.41) is 5.15. The van der Waals surface area contributed by atoms with Crippen LogP contribution in [0.15, 0.2) is 48.1 Å². The zero-order valence-electron chi connectivity index (χ0n) is 12.5. The van der Waals surface area contributed by atoms with Crippen molar-refractivity contribution in [3.05, 3.63) is 64.7 Å². The maximum Gasteiger partial charge on any atom is 0.224 e. The highest BCUT2D eigenvalue weighted by Crippen LogP contribution is 2.22. The van der Waals surface area contributed by atoms with Gasteiger partial charge in [0.2, 0.25) is 5.91 Å². The molecule has 3 aromatic rings. The number of thiazole rings is 1. The number of hydrogen-bond acceptors (Lipinski definition) is 4. The van der Waals surface area contributed by atoms with Gasteiger partial charge in [-0.15, -0.1) is 11.3 Å². The van der Waals surface area contributed by atoms with E-state index >= 15 is 0 Å². The number of pyridine rings is 1. The fraction of sp³-hybridized carbons (Fsp3) is 0.118. The van der Waals surface area contributed by atoms with E-state index in [1.165, 1.54) is 17.4 Å². The maximum atomic E-state index is 13.5. The van der Waals surface area contributed by atoms with Gasteiger partial charge in [-0.05, 0) is 24.3 Å². The van der Waals surface area contributed by atoms with E-state index in [9.17, 15) is 13.6 Å². The van der Waals surface area contributed by atoms with Gasteiger partial charge in [0.1, 0.15) is 11.6 Å². The van der Waals surface area contributed by atoms with Gasteiger partial charge >= 0.3 is 0 Å². The summed E-state index contributed by atoms with van der Waals surface area (Å²) in [5.41, 5.74) is 1.70. The number of nitrogens with zero attached hydrogens (tertiary/aromatic N) is 2. The van der Waals surface area contributed by atoms with Crippen molar-refractivity contribution in [2.24, 2.45) is 0 Å². The molecule has 2 heterocycles. The molecular formula is C17H13F2N3OS. The van der Waals surface area contributed by atoms with Crippen LogP contribution >= 0.6 is 11.3 Å². The quantitative estimate of drug-likeness (QED) is 0.759. The lowest BCUT2D eigenvalue weighted by molar-refractivity contribution is -0.116. The third-order valence-electron chi connectivity index (χ3n) is 3.28. The number of halogens is 2. The first kappa shape index (κ1) is 16.2. The van der Waals surface area contributed by atoms with Crippen molar-refractivity contribution in [3.8, 4) is 11.3 Å². The molecule has 0 spiro atoms. The number of hydrogen-bond donors (Lipinski definition) is 1. The van der Waals surface area contributed by atoms with E-state index in [0.29, 0.717) is 6.42 Å². The van der Waals surface area contributed by atoms with E-state index in [1.807, 2.05) is 17.5 Å². The van der Waals surface area contributed by atoms with Gasteiger partial charge in [0.25, 0.3) is 0 Å². The predicted molar refractivity (Wildman–Crippen MR) is 88.7 cm³/mol. The van der Waals surface area contributed by atoms with E-state index in [1.54, 1.807) is 12.4 Å². The van der Waals surface area contributed by atoms with Crippen LogP contribution in [0.25, 0.3) is 11.3 Å². The molecule has 24 heavy (non-hydrogen) atoms. The van der Waals surface area contributed by atoms with E-state index in [-0.39, 0.29) is 18.0 Å². The summed E-state index contributed by atoms with van der Waals surface area (Å²) >= 11 is 1.46. The van der Waals surface area contributed by atoms with E-state index < -0.39 is 11.6 Å². The van der Waals surface area contributed by atoms with Crippen LogP contribution < -0.4 is 5.32 Å². The van der Waals surface area contributed by atoms with Crippen molar-refractivity contribution in [3.63, 3.8) is 0 Å².